The Morgan fingerprint density at radius 1 is 0.416 bits per heavy atom. The van der Waals surface area contributed by atoms with Gasteiger partial charge in [0.05, 0.1) is 17.6 Å². The van der Waals surface area contributed by atoms with E-state index in [2.05, 4.69) is 455 Å². The molecule has 5 atom stereocenters. The summed E-state index contributed by atoms with van der Waals surface area (Å²) in [7, 11) is 1.00. The van der Waals surface area contributed by atoms with E-state index in [9.17, 15) is 0 Å². The van der Waals surface area contributed by atoms with Crippen molar-refractivity contribution in [2.45, 2.75) is 237 Å². The van der Waals surface area contributed by atoms with Gasteiger partial charge in [-0.3, -0.25) is 5.01 Å². The molecular formula is C112H146Li4N8O. The van der Waals surface area contributed by atoms with E-state index in [1.807, 2.05) is 30.3 Å². The van der Waals surface area contributed by atoms with E-state index in [0.717, 1.165) is 57.1 Å². The van der Waals surface area contributed by atoms with Gasteiger partial charge in [-0.15, -0.1) is 6.04 Å². The maximum absolute atomic E-state index is 8.09. The number of hydrazone groups is 1. The summed E-state index contributed by atoms with van der Waals surface area (Å²) in [6.07, 6.45) is 23.4. The van der Waals surface area contributed by atoms with E-state index in [1.165, 1.54) is 113 Å². The first-order valence-corrected chi connectivity index (χ1v) is 43.8. The number of nitrogens with zero attached hydrogens (tertiary/aromatic N) is 8. The van der Waals surface area contributed by atoms with Gasteiger partial charge in [-0.1, -0.05) is 454 Å². The standard InChI is InChI=1S/C27H31N2.C23H22N2.C13H20.2C13H19.C11H16.C7H6N2.C4H9.CH4O.4Li.N2/c1-27(2,3)24(20-19-21-13-7-4-8-14-21)28-29-25(22-15-9-5-10-16-22)26(29)23-17-11-6-12-18-23;1-4-11-19(12-5-1)13-10-18-24-25-22(20-14-6-2-7-15-20)23(25)21-16-8-3-9-17-21;3*1-13(2,3)11-7-10-12-8-5-4-6-9-12;1-3-10(4-2)11-8-6-5-7-9-11;8-9-6-7-4-2-1-3-5-7;1-4(2)3;1-2;;;;;1-2/h4-18,24-26H,19-20H2,1-3H3;1-9,11-12,14-18,22-23H,10,13H2;4-6,8-9H,7,10-11H2,1-3H3;2*4-6,8-9,11H,7,10H2,1-3H3;5-10H,3-4H2,1-2H3;1-6H;1-3H3;2H,1H3;;;;;/q-1;;;2*-1;;;-1;;4*+1;/b;24-18+;;;;;;;;;;;;/t24?,25-,26-;22-,23-;;;;;;;;;;;;/m11............/s1. The zero-order valence-corrected chi connectivity index (χ0v) is 80.7. The molecule has 125 heavy (non-hydrogen) atoms. The van der Waals surface area contributed by atoms with Gasteiger partial charge < -0.3 is 39.8 Å². The van der Waals surface area contributed by atoms with Crippen LogP contribution in [0.2, 0.25) is 0 Å². The van der Waals surface area contributed by atoms with E-state index < -0.39 is 0 Å². The summed E-state index contributed by atoms with van der Waals surface area (Å²) in [5.74, 6) is 2.18. The Morgan fingerprint density at radius 2 is 0.696 bits per heavy atom. The van der Waals surface area contributed by atoms with Gasteiger partial charge >= 0.3 is 75.4 Å². The van der Waals surface area contributed by atoms with Crippen LogP contribution in [0.25, 0.3) is 11.0 Å². The molecule has 13 rings (SSSR count). The summed E-state index contributed by atoms with van der Waals surface area (Å²) in [5, 5.41) is 28.3. The summed E-state index contributed by atoms with van der Waals surface area (Å²) in [4.78, 5) is 2.88. The zero-order chi connectivity index (χ0) is 88.6. The molecule has 2 aliphatic rings. The molecule has 13 heteroatoms. The fourth-order valence-electron chi connectivity index (χ4n) is 13.7. The summed E-state index contributed by atoms with van der Waals surface area (Å²) < 4.78 is 0. The number of aliphatic hydroxyl groups excluding tert-OH is 1. The van der Waals surface area contributed by atoms with Crippen molar-refractivity contribution in [1.29, 1.82) is 10.8 Å². The molecule has 11 aromatic rings. The molecule has 9 nitrogen and oxygen atoms in total. The van der Waals surface area contributed by atoms with Crippen molar-refractivity contribution in [3.8, 4) is 0 Å². The monoisotopic (exact) mass is 1650 g/mol. The molecule has 2 aliphatic heterocycles. The molecular weight excluding hydrogens is 1500 g/mol. The van der Waals surface area contributed by atoms with E-state index in [0.29, 0.717) is 40.4 Å². The van der Waals surface area contributed by atoms with Crippen LogP contribution in [0.3, 0.4) is 0 Å². The molecule has 0 saturated carbocycles. The second-order valence-electron chi connectivity index (χ2n) is 35.7. The third-order valence-electron chi connectivity index (χ3n) is 20.1. The van der Waals surface area contributed by atoms with Gasteiger partial charge in [-0.2, -0.15) is 54.3 Å². The van der Waals surface area contributed by atoms with Crippen molar-refractivity contribution in [2.24, 2.45) is 26.8 Å². The first-order valence-electron chi connectivity index (χ1n) is 43.8. The average Bonchev–Trinajstić information content (AvgIpc) is 1.59. The van der Waals surface area contributed by atoms with Crippen LogP contribution in [0.1, 0.15) is 260 Å². The SMILES string of the molecule is C(/CCc1ccccc1)=N\N1[C@H](c2ccccc2)[C@H]1c1ccccc1.CC(C)(C)C(CCc1ccccc1)[N-]N1[C@H](c2ccccc2)[C@H]1c1ccccc1.CC(C)(C)CCCc1ccccc1.CC(C)(C)[CH-]CCc1ccccc1.CC(C)(C)[CH-]CCc1ccccc1.CCC(CC)c1ccccc1.CO.C[C-](C)C.N#N.[Li+].[Li+].[Li+].[Li+].[N-]=[N+]=Cc1ccccc1. The van der Waals surface area contributed by atoms with E-state index in [4.69, 9.17) is 32.0 Å². The van der Waals surface area contributed by atoms with Gasteiger partial charge in [-0.25, -0.2) is 0 Å². The average molecular weight is 1650 g/mol. The Morgan fingerprint density at radius 3 is 0.992 bits per heavy atom. The number of benzene rings is 11. The molecule has 0 spiro atoms. The molecule has 0 aliphatic carbocycles. The molecule has 1 N–H and O–H groups in total. The van der Waals surface area contributed by atoms with Gasteiger partial charge in [0.25, 0.3) is 6.21 Å². The van der Waals surface area contributed by atoms with Crippen LogP contribution >= 0.6 is 0 Å². The molecule has 0 bridgehead atoms. The zero-order valence-electron chi connectivity index (χ0n) is 80.7. The van der Waals surface area contributed by atoms with E-state index >= 15 is 0 Å². The van der Waals surface area contributed by atoms with Crippen molar-refractivity contribution < 1.29 is 85.3 Å². The minimum atomic E-state index is 0. The Labute approximate surface area is 807 Å². The van der Waals surface area contributed by atoms with Gasteiger partial charge in [0.1, 0.15) is 0 Å². The summed E-state index contributed by atoms with van der Waals surface area (Å²) in [5.41, 5.74) is 29.6. The van der Waals surface area contributed by atoms with Crippen molar-refractivity contribution in [2.75, 3.05) is 7.11 Å². The van der Waals surface area contributed by atoms with Crippen LogP contribution in [0.15, 0.2) is 339 Å². The number of hydrogen-bond donors (Lipinski definition) is 1. The maximum Gasteiger partial charge on any atom is 1.00 e. The van der Waals surface area contributed by atoms with Crippen LogP contribution in [0.5, 0.6) is 0 Å². The Balaban J connectivity index is 0.00000146. The van der Waals surface area contributed by atoms with Crippen LogP contribution in [-0.2, 0) is 32.1 Å². The van der Waals surface area contributed by atoms with E-state index in [-0.39, 0.29) is 86.9 Å². The van der Waals surface area contributed by atoms with Crippen LogP contribution in [0, 0.1) is 51.2 Å². The van der Waals surface area contributed by atoms with Gasteiger partial charge in [0.15, 0.2) is 0 Å². The van der Waals surface area contributed by atoms with Gasteiger partial charge in [0, 0.05) is 36.2 Å². The number of hydrogen-bond acceptors (Lipinski definition) is 6. The minimum Gasteiger partial charge on any atom is -0.590 e. The molecule has 2 heterocycles. The Bertz CT molecular complexity index is 4200. The van der Waals surface area contributed by atoms with Crippen LogP contribution < -0.4 is 75.4 Å². The summed E-state index contributed by atoms with van der Waals surface area (Å²) >= 11 is 0. The number of rotatable bonds is 26. The number of aliphatic hydroxyl groups is 1. The smallest absolute Gasteiger partial charge is 0.590 e. The maximum atomic E-state index is 8.09. The summed E-state index contributed by atoms with van der Waals surface area (Å²) in [6.45, 7) is 38.1. The predicted molar refractivity (Wildman–Crippen MR) is 518 cm³/mol. The molecule has 11 aromatic carbocycles. The predicted octanol–water partition coefficient (Wildman–Crippen LogP) is 18.5. The quantitative estimate of drug-likeness (QED) is 0.0109. The molecule has 2 saturated heterocycles. The first-order chi connectivity index (χ1) is 58.2. The van der Waals surface area contributed by atoms with E-state index in [1.54, 1.807) is 0 Å². The van der Waals surface area contributed by atoms with Gasteiger partial charge in [-0.05, 0) is 119 Å². The normalized spacial score (nSPS) is 14.5. The van der Waals surface area contributed by atoms with Gasteiger partial charge in [0.2, 0.25) is 0 Å². The third kappa shape index (κ3) is 52.1. The van der Waals surface area contributed by atoms with Crippen molar-refractivity contribution >= 4 is 12.4 Å². The fourth-order valence-corrected chi connectivity index (χ4v) is 13.7. The molecule has 0 radical (unpaired) electrons. The molecule has 0 amide bonds. The van der Waals surface area contributed by atoms with Crippen molar-refractivity contribution in [3.05, 3.63) is 425 Å². The molecule has 0 aromatic heterocycles. The topological polar surface area (TPSA) is 137 Å². The molecule has 1 unspecified atom stereocenters. The summed E-state index contributed by atoms with van der Waals surface area (Å²) in [6, 6.07) is 118. The minimum absolute atomic E-state index is 0. The van der Waals surface area contributed by atoms with Crippen molar-refractivity contribution in [1.82, 2.24) is 10.0 Å². The second-order valence-corrected chi connectivity index (χ2v) is 35.7. The molecule has 2 fully saturated rings. The largest absolute Gasteiger partial charge is 1.00 e. The fraction of sp³-hybridized carbons (Fsp3) is 0.366. The third-order valence-corrected chi connectivity index (χ3v) is 20.1. The van der Waals surface area contributed by atoms with Crippen molar-refractivity contribution in [3.63, 3.8) is 0 Å². The second kappa shape index (κ2) is 67.2. The van der Waals surface area contributed by atoms with Crippen LogP contribution in [0.4, 0.5) is 0 Å². The van der Waals surface area contributed by atoms with Crippen LogP contribution in [-0.4, -0.2) is 45.5 Å². The Kier molecular flexibility index (Phi) is 62.9. The Hall–Kier alpha value is -8.04. The first kappa shape index (κ1) is 117. The number of aryl methyl sites for hydroxylation is 5. The molecule has 644 valence electrons.